The van der Waals surface area contributed by atoms with Crippen LogP contribution in [0.25, 0.3) is 10.6 Å². The van der Waals surface area contributed by atoms with Crippen LogP contribution in [0.15, 0.2) is 65.6 Å². The molecule has 0 saturated heterocycles. The fourth-order valence-electron chi connectivity index (χ4n) is 2.20. The van der Waals surface area contributed by atoms with Crippen LogP contribution in [-0.4, -0.2) is 33.8 Å². The summed E-state index contributed by atoms with van der Waals surface area (Å²) >= 11 is 2.71. The van der Waals surface area contributed by atoms with Gasteiger partial charge in [0.25, 0.3) is 0 Å². The molecule has 138 valence electrons. The zero-order valence-corrected chi connectivity index (χ0v) is 16.2. The number of carbonyl (C=O) groups is 2. The summed E-state index contributed by atoms with van der Waals surface area (Å²) in [5.74, 6) is -0.281. The molecule has 2 N–H and O–H groups in total. The Kier molecular flexibility index (Phi) is 6.56. The van der Waals surface area contributed by atoms with Crippen LogP contribution in [0.4, 0.5) is 5.13 Å². The Morgan fingerprint density at radius 1 is 1.04 bits per heavy atom. The van der Waals surface area contributed by atoms with Gasteiger partial charge >= 0.3 is 0 Å². The number of carbonyl (C=O) groups excluding carboxylic acids is 2. The highest BCUT2D eigenvalue weighted by Crippen LogP contribution is 2.25. The number of nitrogens with zero attached hydrogens (tertiary/aromatic N) is 2. The molecule has 3 rings (SSSR count). The van der Waals surface area contributed by atoms with E-state index in [1.807, 2.05) is 60.7 Å². The Bertz CT molecular complexity index is 900. The van der Waals surface area contributed by atoms with E-state index in [0.29, 0.717) is 5.13 Å². The van der Waals surface area contributed by atoms with Crippen LogP contribution in [0.2, 0.25) is 0 Å². The molecule has 0 radical (unpaired) electrons. The van der Waals surface area contributed by atoms with Crippen molar-refractivity contribution in [3.63, 3.8) is 0 Å². The van der Waals surface area contributed by atoms with Gasteiger partial charge in [0.05, 0.1) is 5.75 Å². The number of thioether (sulfide) groups is 1. The van der Waals surface area contributed by atoms with Crippen LogP contribution in [0.5, 0.6) is 0 Å². The van der Waals surface area contributed by atoms with Gasteiger partial charge in [-0.3, -0.25) is 14.9 Å². The lowest BCUT2D eigenvalue weighted by Crippen LogP contribution is -2.42. The van der Waals surface area contributed by atoms with E-state index in [2.05, 4.69) is 20.8 Å². The second-order valence-corrected chi connectivity index (χ2v) is 7.68. The lowest BCUT2D eigenvalue weighted by Gasteiger charge is -2.12. The molecule has 0 aliphatic rings. The van der Waals surface area contributed by atoms with Crippen LogP contribution in [0, 0.1) is 0 Å². The van der Waals surface area contributed by atoms with Crippen molar-refractivity contribution in [2.24, 2.45) is 0 Å². The normalized spacial score (nSPS) is 11.6. The van der Waals surface area contributed by atoms with Crippen molar-refractivity contribution in [3.8, 4) is 10.6 Å². The third kappa shape index (κ3) is 5.63. The number of amides is 2. The first-order chi connectivity index (χ1) is 13.1. The van der Waals surface area contributed by atoms with Gasteiger partial charge in [-0.15, -0.1) is 22.0 Å². The number of hydrogen-bond donors (Lipinski definition) is 2. The van der Waals surface area contributed by atoms with Crippen molar-refractivity contribution in [2.45, 2.75) is 17.9 Å². The molecule has 6 nitrogen and oxygen atoms in total. The minimum Gasteiger partial charge on any atom is -0.344 e. The zero-order valence-electron chi connectivity index (χ0n) is 14.6. The Hall–Kier alpha value is -2.71. The van der Waals surface area contributed by atoms with E-state index in [1.165, 1.54) is 23.1 Å². The molecule has 1 unspecified atom stereocenters. The molecular weight excluding hydrogens is 380 g/mol. The van der Waals surface area contributed by atoms with E-state index in [1.54, 1.807) is 6.92 Å². The molecule has 2 amide bonds. The lowest BCUT2D eigenvalue weighted by atomic mass is 10.2. The second kappa shape index (κ2) is 9.29. The van der Waals surface area contributed by atoms with Gasteiger partial charge in [-0.05, 0) is 19.1 Å². The highest BCUT2D eigenvalue weighted by molar-refractivity contribution is 8.00. The van der Waals surface area contributed by atoms with E-state index in [-0.39, 0.29) is 17.6 Å². The first-order valence-electron chi connectivity index (χ1n) is 8.29. The van der Waals surface area contributed by atoms with Gasteiger partial charge in [-0.1, -0.05) is 59.9 Å². The summed E-state index contributed by atoms with van der Waals surface area (Å²) in [6.45, 7) is 1.64. The molecule has 1 atom stereocenters. The second-order valence-electron chi connectivity index (χ2n) is 5.66. The molecule has 1 heterocycles. The number of rotatable bonds is 7. The van der Waals surface area contributed by atoms with Crippen LogP contribution in [0.3, 0.4) is 0 Å². The van der Waals surface area contributed by atoms with Gasteiger partial charge in [0.15, 0.2) is 0 Å². The van der Waals surface area contributed by atoms with Crippen molar-refractivity contribution < 1.29 is 9.59 Å². The van der Waals surface area contributed by atoms with Crippen LogP contribution in [-0.2, 0) is 9.59 Å². The van der Waals surface area contributed by atoms with E-state index in [4.69, 9.17) is 0 Å². The van der Waals surface area contributed by atoms with E-state index < -0.39 is 6.04 Å². The number of aromatic nitrogens is 2. The lowest BCUT2D eigenvalue weighted by molar-refractivity contribution is -0.124. The summed E-state index contributed by atoms with van der Waals surface area (Å²) in [7, 11) is 0. The highest BCUT2D eigenvalue weighted by atomic mass is 32.2. The molecular formula is C19H18N4O2S2. The highest BCUT2D eigenvalue weighted by Gasteiger charge is 2.17. The average molecular weight is 399 g/mol. The molecule has 3 aromatic rings. The molecule has 27 heavy (non-hydrogen) atoms. The molecule has 0 aliphatic carbocycles. The van der Waals surface area contributed by atoms with E-state index >= 15 is 0 Å². The van der Waals surface area contributed by atoms with E-state index in [0.717, 1.165) is 15.5 Å². The van der Waals surface area contributed by atoms with Gasteiger partial charge in [0, 0.05) is 10.5 Å². The predicted molar refractivity (Wildman–Crippen MR) is 109 cm³/mol. The summed E-state index contributed by atoms with van der Waals surface area (Å²) in [5, 5.41) is 14.6. The average Bonchev–Trinajstić information content (AvgIpc) is 3.16. The number of nitrogens with one attached hydrogen (secondary N) is 2. The maximum atomic E-state index is 12.3. The first kappa shape index (κ1) is 19.1. The van der Waals surface area contributed by atoms with Crippen molar-refractivity contribution >= 4 is 40.0 Å². The number of benzene rings is 2. The maximum absolute atomic E-state index is 12.3. The smallest absolute Gasteiger partial charge is 0.248 e. The molecule has 0 spiro atoms. The quantitative estimate of drug-likeness (QED) is 0.596. The van der Waals surface area contributed by atoms with Gasteiger partial charge in [-0.25, -0.2) is 0 Å². The Balaban J connectivity index is 1.49. The molecule has 2 aromatic carbocycles. The first-order valence-corrected chi connectivity index (χ1v) is 10.1. The Labute approximate surface area is 165 Å². The van der Waals surface area contributed by atoms with Crippen LogP contribution >= 0.6 is 23.1 Å². The SMILES string of the molecule is CC(NC(=O)CSc1ccccc1)C(=O)Nc1nnc(-c2ccccc2)s1. The van der Waals surface area contributed by atoms with E-state index in [9.17, 15) is 9.59 Å². The summed E-state index contributed by atoms with van der Waals surface area (Å²) < 4.78 is 0. The summed E-state index contributed by atoms with van der Waals surface area (Å²) in [6.07, 6.45) is 0. The molecule has 0 bridgehead atoms. The molecule has 1 aromatic heterocycles. The van der Waals surface area contributed by atoms with Gasteiger partial charge in [0.1, 0.15) is 11.0 Å². The zero-order chi connectivity index (χ0) is 19.1. The maximum Gasteiger partial charge on any atom is 0.248 e. The minimum atomic E-state index is -0.669. The summed E-state index contributed by atoms with van der Waals surface area (Å²) in [4.78, 5) is 25.3. The fraction of sp³-hybridized carbons (Fsp3) is 0.158. The third-order valence-electron chi connectivity index (χ3n) is 3.56. The van der Waals surface area contributed by atoms with Crippen LogP contribution < -0.4 is 10.6 Å². The van der Waals surface area contributed by atoms with Crippen LogP contribution in [0.1, 0.15) is 6.92 Å². The van der Waals surface area contributed by atoms with Gasteiger partial charge in [-0.2, -0.15) is 0 Å². The summed E-state index contributed by atoms with van der Waals surface area (Å²) in [5.41, 5.74) is 0.940. The minimum absolute atomic E-state index is 0.200. The monoisotopic (exact) mass is 398 g/mol. The van der Waals surface area contributed by atoms with Crippen molar-refractivity contribution in [3.05, 3.63) is 60.7 Å². The van der Waals surface area contributed by atoms with Crippen molar-refractivity contribution in [1.82, 2.24) is 15.5 Å². The fourth-order valence-corrected chi connectivity index (χ4v) is 3.68. The standard InChI is InChI=1S/C19H18N4O2S2/c1-13(20-16(24)12-26-15-10-6-3-7-11-15)17(25)21-19-23-22-18(27-19)14-8-4-2-5-9-14/h2-11,13H,12H2,1H3,(H,20,24)(H,21,23,25). The Morgan fingerprint density at radius 3 is 2.41 bits per heavy atom. The third-order valence-corrected chi connectivity index (χ3v) is 5.46. The van der Waals surface area contributed by atoms with Crippen molar-refractivity contribution in [1.29, 1.82) is 0 Å². The predicted octanol–water partition coefficient (Wildman–Crippen LogP) is 3.44. The number of anilines is 1. The molecule has 0 fully saturated rings. The van der Waals surface area contributed by atoms with Gasteiger partial charge in [0.2, 0.25) is 16.9 Å². The Morgan fingerprint density at radius 2 is 1.70 bits per heavy atom. The molecule has 0 saturated carbocycles. The number of hydrogen-bond acceptors (Lipinski definition) is 6. The topological polar surface area (TPSA) is 84.0 Å². The largest absolute Gasteiger partial charge is 0.344 e. The molecule has 0 aliphatic heterocycles. The van der Waals surface area contributed by atoms with Crippen molar-refractivity contribution in [2.75, 3.05) is 11.1 Å². The van der Waals surface area contributed by atoms with Gasteiger partial charge < -0.3 is 5.32 Å². The summed E-state index contributed by atoms with van der Waals surface area (Å²) in [6, 6.07) is 18.6. The molecule has 8 heteroatoms.